The highest BCUT2D eigenvalue weighted by Gasteiger charge is 2.26. The highest BCUT2D eigenvalue weighted by atomic mass is 32.1. The molecule has 3 aromatic carbocycles. The third-order valence-corrected chi connectivity index (χ3v) is 5.82. The first-order valence-electron chi connectivity index (χ1n) is 8.81. The van der Waals surface area contributed by atoms with E-state index in [0.29, 0.717) is 0 Å². The van der Waals surface area contributed by atoms with Crippen LogP contribution < -0.4 is 4.40 Å². The van der Waals surface area contributed by atoms with Crippen molar-refractivity contribution in [3.8, 4) is 27.6 Å². The van der Waals surface area contributed by atoms with Crippen molar-refractivity contribution < 1.29 is 9.51 Å². The van der Waals surface area contributed by atoms with Gasteiger partial charge in [-0.05, 0) is 40.9 Å². The number of thiazole rings is 1. The summed E-state index contributed by atoms with van der Waals surface area (Å²) in [5.74, 6) is 0.238. The predicted octanol–water partition coefficient (Wildman–Crippen LogP) is 5.38. The van der Waals surface area contributed by atoms with Gasteiger partial charge in [0.2, 0.25) is 0 Å². The van der Waals surface area contributed by atoms with Gasteiger partial charge in [-0.1, -0.05) is 72.3 Å². The van der Waals surface area contributed by atoms with Crippen molar-refractivity contribution in [3.63, 3.8) is 0 Å². The molecule has 0 saturated heterocycles. The van der Waals surface area contributed by atoms with Gasteiger partial charge in [0.05, 0.1) is 5.39 Å². The Labute approximate surface area is 160 Å². The average Bonchev–Trinajstić information content (AvgIpc) is 3.05. The lowest BCUT2D eigenvalue weighted by Gasteiger charge is -2.03. The van der Waals surface area contributed by atoms with Crippen LogP contribution in [0.5, 0.6) is 5.88 Å². The monoisotopic (exact) mass is 369 g/mol. The standard InChI is InChI=1S/C23H16N2OS/c1-15-12-13-19-18(14-15)20(16-8-4-2-5-9-16)24-23-25(19)22(26)21(27-23)17-10-6-3-7-11-17/h2-14H,1H3/p+1. The van der Waals surface area contributed by atoms with Crippen molar-refractivity contribution >= 4 is 27.2 Å². The van der Waals surface area contributed by atoms with E-state index in [2.05, 4.69) is 37.3 Å². The Kier molecular flexibility index (Phi) is 3.66. The largest absolute Gasteiger partial charge is 0.476 e. The highest BCUT2D eigenvalue weighted by molar-refractivity contribution is 7.20. The molecule has 0 radical (unpaired) electrons. The van der Waals surface area contributed by atoms with Gasteiger partial charge in [0.25, 0.3) is 0 Å². The molecule has 27 heavy (non-hydrogen) atoms. The zero-order valence-corrected chi connectivity index (χ0v) is 15.6. The fraction of sp³-hybridized carbons (Fsp3) is 0.0435. The van der Waals surface area contributed by atoms with E-state index in [0.717, 1.165) is 37.6 Å². The van der Waals surface area contributed by atoms with Crippen LogP contribution in [0.1, 0.15) is 5.56 Å². The number of rotatable bonds is 2. The molecule has 0 fully saturated rings. The van der Waals surface area contributed by atoms with Crippen molar-refractivity contribution in [1.29, 1.82) is 0 Å². The van der Waals surface area contributed by atoms with Gasteiger partial charge in [-0.2, -0.15) is 0 Å². The summed E-state index contributed by atoms with van der Waals surface area (Å²) in [4.78, 5) is 6.55. The topological polar surface area (TPSA) is 37.2 Å². The zero-order valence-electron chi connectivity index (χ0n) is 14.8. The lowest BCUT2D eigenvalue weighted by atomic mass is 10.0. The maximum absolute atomic E-state index is 11.0. The van der Waals surface area contributed by atoms with E-state index in [1.807, 2.05) is 52.9 Å². The first-order chi connectivity index (χ1) is 13.2. The van der Waals surface area contributed by atoms with Crippen molar-refractivity contribution in [2.75, 3.05) is 0 Å². The number of aromatic hydroxyl groups is 1. The van der Waals surface area contributed by atoms with E-state index in [9.17, 15) is 5.11 Å². The Hall–Kier alpha value is -3.24. The fourth-order valence-corrected chi connectivity index (χ4v) is 4.48. The van der Waals surface area contributed by atoms with Gasteiger partial charge in [-0.3, -0.25) is 0 Å². The van der Waals surface area contributed by atoms with Crippen LogP contribution in [0.4, 0.5) is 0 Å². The van der Waals surface area contributed by atoms with Crippen LogP contribution in [0, 0.1) is 6.92 Å². The Balaban J connectivity index is 1.90. The minimum absolute atomic E-state index is 0.238. The highest BCUT2D eigenvalue weighted by Crippen LogP contribution is 2.36. The molecule has 0 bridgehead atoms. The molecule has 2 heterocycles. The minimum atomic E-state index is 0.238. The fourth-order valence-electron chi connectivity index (χ4n) is 3.45. The summed E-state index contributed by atoms with van der Waals surface area (Å²) in [7, 11) is 0. The van der Waals surface area contributed by atoms with Gasteiger partial charge in [0.15, 0.2) is 5.69 Å². The van der Waals surface area contributed by atoms with Gasteiger partial charge in [-0.25, -0.2) is 0 Å². The van der Waals surface area contributed by atoms with E-state index in [-0.39, 0.29) is 5.88 Å². The van der Waals surface area contributed by atoms with E-state index in [4.69, 9.17) is 4.98 Å². The molecule has 130 valence electrons. The molecule has 0 spiro atoms. The third kappa shape index (κ3) is 2.57. The second-order valence-electron chi connectivity index (χ2n) is 6.59. The summed E-state index contributed by atoms with van der Waals surface area (Å²) in [6, 6.07) is 26.4. The summed E-state index contributed by atoms with van der Waals surface area (Å²) in [5.41, 5.74) is 5.13. The molecule has 0 unspecified atom stereocenters. The van der Waals surface area contributed by atoms with Crippen LogP contribution in [0.25, 0.3) is 37.6 Å². The molecule has 0 amide bonds. The number of hydrogen-bond donors (Lipinski definition) is 1. The Morgan fingerprint density at radius 1 is 0.852 bits per heavy atom. The van der Waals surface area contributed by atoms with Crippen LogP contribution in [-0.2, 0) is 0 Å². The normalized spacial score (nSPS) is 11.3. The van der Waals surface area contributed by atoms with Crippen LogP contribution in [-0.4, -0.2) is 10.1 Å². The molecular formula is C23H17N2OS+. The number of nitrogens with zero attached hydrogens (tertiary/aromatic N) is 2. The second-order valence-corrected chi connectivity index (χ2v) is 7.56. The van der Waals surface area contributed by atoms with Gasteiger partial charge in [0, 0.05) is 5.56 Å². The maximum atomic E-state index is 11.0. The molecule has 3 nitrogen and oxygen atoms in total. The molecule has 4 heteroatoms. The second kappa shape index (κ2) is 6.18. The van der Waals surface area contributed by atoms with Crippen molar-refractivity contribution in [2.24, 2.45) is 0 Å². The smallest absolute Gasteiger partial charge is 0.391 e. The van der Waals surface area contributed by atoms with E-state index < -0.39 is 0 Å². The number of hydrogen-bond acceptors (Lipinski definition) is 3. The molecule has 2 aromatic heterocycles. The van der Waals surface area contributed by atoms with E-state index >= 15 is 0 Å². The zero-order chi connectivity index (χ0) is 18.4. The van der Waals surface area contributed by atoms with Gasteiger partial charge < -0.3 is 5.11 Å². The summed E-state index contributed by atoms with van der Waals surface area (Å²) < 4.78 is 1.86. The summed E-state index contributed by atoms with van der Waals surface area (Å²) in [6.45, 7) is 2.08. The van der Waals surface area contributed by atoms with Crippen molar-refractivity contribution in [3.05, 3.63) is 84.4 Å². The first kappa shape index (κ1) is 16.0. The van der Waals surface area contributed by atoms with Crippen LogP contribution in [0.3, 0.4) is 0 Å². The maximum Gasteiger partial charge on any atom is 0.391 e. The minimum Gasteiger partial charge on any atom is -0.476 e. The lowest BCUT2D eigenvalue weighted by Crippen LogP contribution is -2.22. The molecular weight excluding hydrogens is 352 g/mol. The van der Waals surface area contributed by atoms with E-state index in [1.165, 1.54) is 16.9 Å². The van der Waals surface area contributed by atoms with Crippen molar-refractivity contribution in [2.45, 2.75) is 6.92 Å². The molecule has 0 saturated carbocycles. The van der Waals surface area contributed by atoms with Crippen LogP contribution in [0.15, 0.2) is 78.9 Å². The average molecular weight is 369 g/mol. The molecule has 0 aliphatic heterocycles. The summed E-state index contributed by atoms with van der Waals surface area (Å²) in [6.07, 6.45) is 0. The molecule has 5 rings (SSSR count). The SMILES string of the molecule is Cc1ccc2c(c1)c(-c1ccccc1)nc1sc(-c3ccccc3)c(O)[n+]12. The lowest BCUT2D eigenvalue weighted by molar-refractivity contribution is -0.490. The Morgan fingerprint density at radius 3 is 2.22 bits per heavy atom. The number of benzene rings is 3. The molecule has 5 aromatic rings. The molecule has 0 atom stereocenters. The summed E-state index contributed by atoms with van der Waals surface area (Å²) >= 11 is 1.51. The molecule has 0 aliphatic rings. The molecule has 0 aliphatic carbocycles. The first-order valence-corrected chi connectivity index (χ1v) is 9.63. The van der Waals surface area contributed by atoms with Crippen LogP contribution in [0.2, 0.25) is 0 Å². The quantitative estimate of drug-likeness (QED) is 0.424. The van der Waals surface area contributed by atoms with Gasteiger partial charge in [0.1, 0.15) is 10.4 Å². The Bertz CT molecular complexity index is 1280. The number of aromatic nitrogens is 2. The number of aryl methyl sites for hydroxylation is 1. The van der Waals surface area contributed by atoms with Crippen LogP contribution >= 0.6 is 11.3 Å². The number of fused-ring (bicyclic) bond motifs is 3. The Morgan fingerprint density at radius 2 is 1.52 bits per heavy atom. The van der Waals surface area contributed by atoms with Crippen molar-refractivity contribution in [1.82, 2.24) is 4.98 Å². The molecule has 1 N–H and O–H groups in total. The summed E-state index contributed by atoms with van der Waals surface area (Å²) in [5, 5.41) is 12.0. The van der Waals surface area contributed by atoms with E-state index in [1.54, 1.807) is 0 Å². The predicted molar refractivity (Wildman–Crippen MR) is 110 cm³/mol. The third-order valence-electron chi connectivity index (χ3n) is 4.74. The van der Waals surface area contributed by atoms with Gasteiger partial charge in [-0.15, -0.1) is 4.40 Å². The van der Waals surface area contributed by atoms with Gasteiger partial charge >= 0.3 is 10.8 Å².